The highest BCUT2D eigenvalue weighted by Gasteiger charge is 2.24. The number of benzene rings is 2. The van der Waals surface area contributed by atoms with Gasteiger partial charge in [-0.25, -0.2) is 4.98 Å². The van der Waals surface area contributed by atoms with Gasteiger partial charge in [0.25, 0.3) is 5.91 Å². The highest BCUT2D eigenvalue weighted by atomic mass is 35.5. The van der Waals surface area contributed by atoms with Crippen molar-refractivity contribution < 1.29 is 4.79 Å². The van der Waals surface area contributed by atoms with Crippen LogP contribution in [0, 0.1) is 5.92 Å². The van der Waals surface area contributed by atoms with Crippen LogP contribution in [0.4, 0.5) is 0 Å². The molecule has 0 spiro atoms. The zero-order valence-corrected chi connectivity index (χ0v) is 16.1. The molecule has 0 unspecified atom stereocenters. The van der Waals surface area contributed by atoms with Gasteiger partial charge in [0.05, 0.1) is 28.3 Å². The molecule has 0 aliphatic carbocycles. The van der Waals surface area contributed by atoms with Crippen LogP contribution in [0.5, 0.6) is 0 Å². The van der Waals surface area contributed by atoms with Crippen LogP contribution in [0.1, 0.15) is 36.1 Å². The second-order valence-corrected chi connectivity index (χ2v) is 7.19. The Morgan fingerprint density at radius 3 is 2.75 bits per heavy atom. The van der Waals surface area contributed by atoms with Gasteiger partial charge >= 0.3 is 0 Å². The number of hydrogen-bond acceptors (Lipinski definition) is 5. The van der Waals surface area contributed by atoms with Crippen LogP contribution < -0.4 is 5.32 Å². The molecule has 0 saturated heterocycles. The first-order valence-electron chi connectivity index (χ1n) is 8.81. The van der Waals surface area contributed by atoms with Gasteiger partial charge in [0, 0.05) is 5.02 Å². The van der Waals surface area contributed by atoms with E-state index in [1.807, 2.05) is 38.1 Å². The molecular weight excluding hydrogens is 378 g/mol. The molecule has 4 aromatic rings. The number of fused-ring (bicyclic) bond motifs is 1. The molecule has 1 atom stereocenters. The number of H-pyrrole nitrogens is 1. The molecule has 0 radical (unpaired) electrons. The number of para-hydroxylation sites is 2. The Morgan fingerprint density at radius 1 is 1.21 bits per heavy atom. The third kappa shape index (κ3) is 3.46. The van der Waals surface area contributed by atoms with Gasteiger partial charge in [-0.1, -0.05) is 37.6 Å². The van der Waals surface area contributed by atoms with Crippen LogP contribution in [-0.4, -0.2) is 36.1 Å². The Labute approximate surface area is 165 Å². The lowest BCUT2D eigenvalue weighted by molar-refractivity contribution is 0.0923. The Kier molecular flexibility index (Phi) is 4.79. The van der Waals surface area contributed by atoms with E-state index in [9.17, 15) is 4.79 Å². The van der Waals surface area contributed by atoms with E-state index in [1.54, 1.807) is 18.2 Å². The number of amides is 1. The van der Waals surface area contributed by atoms with Crippen LogP contribution >= 0.6 is 11.6 Å². The van der Waals surface area contributed by atoms with Crippen molar-refractivity contribution in [2.24, 2.45) is 5.92 Å². The Bertz CT molecular complexity index is 1090. The highest BCUT2D eigenvalue weighted by molar-refractivity contribution is 6.31. The summed E-state index contributed by atoms with van der Waals surface area (Å²) in [4.78, 5) is 21.0. The van der Waals surface area contributed by atoms with Crippen LogP contribution in [0.15, 0.2) is 48.8 Å². The number of aromatic amines is 1. The van der Waals surface area contributed by atoms with Gasteiger partial charge in [0.2, 0.25) is 0 Å². The average Bonchev–Trinajstić information content (AvgIpc) is 3.35. The first-order chi connectivity index (χ1) is 13.5. The van der Waals surface area contributed by atoms with Crippen molar-refractivity contribution in [3.63, 3.8) is 0 Å². The minimum atomic E-state index is -0.294. The van der Waals surface area contributed by atoms with Crippen molar-refractivity contribution in [1.82, 2.24) is 35.5 Å². The van der Waals surface area contributed by atoms with Gasteiger partial charge in [0.15, 0.2) is 0 Å². The molecule has 2 N–H and O–H groups in total. The van der Waals surface area contributed by atoms with E-state index in [1.165, 1.54) is 11.0 Å². The second-order valence-electron chi connectivity index (χ2n) is 6.75. The maximum atomic E-state index is 13.1. The largest absolute Gasteiger partial charge is 0.342 e. The molecule has 2 aromatic heterocycles. The molecule has 0 fully saturated rings. The van der Waals surface area contributed by atoms with Gasteiger partial charge in [-0.05, 0) is 46.7 Å². The number of nitrogens with one attached hydrogen (secondary N) is 2. The van der Waals surface area contributed by atoms with Gasteiger partial charge in [0.1, 0.15) is 12.2 Å². The fourth-order valence-corrected chi connectivity index (χ4v) is 3.21. The zero-order valence-electron chi connectivity index (χ0n) is 15.3. The number of carbonyl (C=O) groups excluding carboxylic acids is 1. The Hall–Kier alpha value is -3.26. The van der Waals surface area contributed by atoms with E-state index in [-0.39, 0.29) is 17.9 Å². The van der Waals surface area contributed by atoms with Crippen molar-refractivity contribution in [2.45, 2.75) is 19.9 Å². The molecule has 2 aromatic carbocycles. The summed E-state index contributed by atoms with van der Waals surface area (Å²) in [6, 6.07) is 12.4. The van der Waals surface area contributed by atoms with Gasteiger partial charge in [-0.2, -0.15) is 4.68 Å². The quantitative estimate of drug-likeness (QED) is 0.539. The number of halogens is 1. The number of nitrogens with zero attached hydrogens (tertiary/aromatic N) is 5. The monoisotopic (exact) mass is 395 g/mol. The topological polar surface area (TPSA) is 101 Å². The normalized spacial score (nSPS) is 12.4. The number of tetrazole rings is 1. The second kappa shape index (κ2) is 7.40. The summed E-state index contributed by atoms with van der Waals surface area (Å²) >= 11 is 6.11. The lowest BCUT2D eigenvalue weighted by Gasteiger charge is -2.21. The lowest BCUT2D eigenvalue weighted by Crippen LogP contribution is -2.33. The van der Waals surface area contributed by atoms with Crippen molar-refractivity contribution in [3.8, 4) is 5.69 Å². The minimum Gasteiger partial charge on any atom is -0.342 e. The summed E-state index contributed by atoms with van der Waals surface area (Å²) in [5.41, 5.74) is 2.71. The predicted molar refractivity (Wildman–Crippen MR) is 105 cm³/mol. The van der Waals surface area contributed by atoms with Crippen LogP contribution in [0.25, 0.3) is 16.7 Å². The average molecular weight is 396 g/mol. The minimum absolute atomic E-state index is 0.119. The van der Waals surface area contributed by atoms with Crippen molar-refractivity contribution in [1.29, 1.82) is 0 Å². The van der Waals surface area contributed by atoms with Crippen molar-refractivity contribution in [3.05, 3.63) is 65.2 Å². The molecule has 0 aliphatic heterocycles. The molecule has 2 heterocycles. The standard InChI is InChI=1S/C19H18ClN7O/c1-11(2)17(18-22-14-5-3-4-6-15(14)23-18)24-19(28)13-8-7-12(20)9-16(13)27-10-21-25-26-27/h3-11,17H,1-2H3,(H,22,23)(H,24,28)/t17-/m0/s1. The predicted octanol–water partition coefficient (Wildman–Crippen LogP) is 3.32. The fraction of sp³-hybridized carbons (Fsp3) is 0.211. The van der Waals surface area contributed by atoms with Crippen LogP contribution in [0.2, 0.25) is 5.02 Å². The molecule has 4 rings (SSSR count). The van der Waals surface area contributed by atoms with Gasteiger partial charge in [-0.3, -0.25) is 4.79 Å². The van der Waals surface area contributed by atoms with Gasteiger partial charge < -0.3 is 10.3 Å². The third-order valence-corrected chi connectivity index (χ3v) is 4.69. The molecule has 142 valence electrons. The number of rotatable bonds is 5. The maximum absolute atomic E-state index is 13.1. The molecule has 9 heteroatoms. The molecule has 0 saturated carbocycles. The smallest absolute Gasteiger partial charge is 0.254 e. The van der Waals surface area contributed by atoms with E-state index in [0.29, 0.717) is 22.1 Å². The Balaban J connectivity index is 1.68. The first kappa shape index (κ1) is 18.1. The molecule has 28 heavy (non-hydrogen) atoms. The lowest BCUT2D eigenvalue weighted by atomic mass is 10.0. The first-order valence-corrected chi connectivity index (χ1v) is 9.19. The number of carbonyl (C=O) groups is 1. The summed E-state index contributed by atoms with van der Waals surface area (Å²) in [6.07, 6.45) is 1.42. The zero-order chi connectivity index (χ0) is 19.7. The number of imidazole rings is 1. The van der Waals surface area contributed by atoms with E-state index in [4.69, 9.17) is 11.6 Å². The molecular formula is C19H18ClN7O. The van der Waals surface area contributed by atoms with E-state index < -0.39 is 0 Å². The van der Waals surface area contributed by atoms with Crippen LogP contribution in [-0.2, 0) is 0 Å². The summed E-state index contributed by atoms with van der Waals surface area (Å²) in [5.74, 6) is 0.567. The third-order valence-electron chi connectivity index (χ3n) is 4.46. The van der Waals surface area contributed by atoms with Crippen molar-refractivity contribution >= 4 is 28.5 Å². The van der Waals surface area contributed by atoms with E-state index in [2.05, 4.69) is 30.8 Å². The summed E-state index contributed by atoms with van der Waals surface area (Å²) in [7, 11) is 0. The molecule has 1 amide bonds. The molecule has 0 aliphatic rings. The summed E-state index contributed by atoms with van der Waals surface area (Å²) in [6.45, 7) is 4.06. The van der Waals surface area contributed by atoms with E-state index in [0.717, 1.165) is 11.0 Å². The number of hydrogen-bond donors (Lipinski definition) is 2. The van der Waals surface area contributed by atoms with Gasteiger partial charge in [-0.15, -0.1) is 5.10 Å². The maximum Gasteiger partial charge on any atom is 0.254 e. The number of aromatic nitrogens is 6. The SMILES string of the molecule is CC(C)[C@H](NC(=O)c1ccc(Cl)cc1-n1cnnn1)c1nc2ccccc2[nH]1. The fourth-order valence-electron chi connectivity index (χ4n) is 3.05. The van der Waals surface area contributed by atoms with Crippen LogP contribution in [0.3, 0.4) is 0 Å². The summed E-state index contributed by atoms with van der Waals surface area (Å²) < 4.78 is 1.41. The van der Waals surface area contributed by atoms with Crippen molar-refractivity contribution in [2.75, 3.05) is 0 Å². The van der Waals surface area contributed by atoms with E-state index >= 15 is 0 Å². The summed E-state index contributed by atoms with van der Waals surface area (Å²) in [5, 5.41) is 14.7. The highest BCUT2D eigenvalue weighted by Crippen LogP contribution is 2.24. The Morgan fingerprint density at radius 2 is 2.04 bits per heavy atom. The molecule has 8 nitrogen and oxygen atoms in total. The molecule has 0 bridgehead atoms.